The van der Waals surface area contributed by atoms with Gasteiger partial charge in [0.05, 0.1) is 9.82 Å². The summed E-state index contributed by atoms with van der Waals surface area (Å²) in [4.78, 5) is 9.93. The average molecular weight is 321 g/mol. The highest BCUT2D eigenvalue weighted by Crippen LogP contribution is 2.27. The molecule has 8 heteroatoms. The van der Waals surface area contributed by atoms with Crippen molar-refractivity contribution in [1.82, 2.24) is 4.72 Å². The first-order chi connectivity index (χ1) is 9.19. The average Bonchev–Trinajstić information content (AvgIpc) is 2.35. The maximum Gasteiger partial charge on any atom is 0.289 e. The summed E-state index contributed by atoms with van der Waals surface area (Å²) in [5.74, 6) is 0.122. The van der Waals surface area contributed by atoms with Crippen molar-refractivity contribution >= 4 is 27.3 Å². The van der Waals surface area contributed by atoms with Crippen LogP contribution in [0.5, 0.6) is 0 Å². The zero-order chi connectivity index (χ0) is 15.5. The Morgan fingerprint density at radius 3 is 2.45 bits per heavy atom. The van der Waals surface area contributed by atoms with Crippen LogP contribution in [-0.4, -0.2) is 19.4 Å². The fraction of sp³-hybridized carbons (Fsp3) is 0.500. The third-order valence-corrected chi connectivity index (χ3v) is 4.78. The molecule has 0 saturated carbocycles. The van der Waals surface area contributed by atoms with Crippen LogP contribution in [0.25, 0.3) is 0 Å². The van der Waals surface area contributed by atoms with Crippen LogP contribution < -0.4 is 4.72 Å². The van der Waals surface area contributed by atoms with Gasteiger partial charge in [0, 0.05) is 12.1 Å². The second kappa shape index (κ2) is 6.51. The van der Waals surface area contributed by atoms with E-state index in [1.165, 1.54) is 12.1 Å². The summed E-state index contributed by atoms with van der Waals surface area (Å²) in [5, 5.41) is 10.7. The minimum Gasteiger partial charge on any atom is -0.258 e. The molecule has 1 aromatic rings. The van der Waals surface area contributed by atoms with E-state index >= 15 is 0 Å². The topological polar surface area (TPSA) is 89.3 Å². The minimum atomic E-state index is -3.80. The van der Waals surface area contributed by atoms with Crippen molar-refractivity contribution in [2.75, 3.05) is 0 Å². The predicted molar refractivity (Wildman–Crippen MR) is 77.3 cm³/mol. The van der Waals surface area contributed by atoms with Gasteiger partial charge in [-0.25, -0.2) is 13.1 Å². The zero-order valence-corrected chi connectivity index (χ0v) is 13.0. The van der Waals surface area contributed by atoms with E-state index < -0.39 is 20.6 Å². The molecule has 1 unspecified atom stereocenters. The number of benzene rings is 1. The molecular formula is C12H17ClN2O4S. The largest absolute Gasteiger partial charge is 0.289 e. The number of nitrogens with zero attached hydrogens (tertiary/aromatic N) is 1. The van der Waals surface area contributed by atoms with Gasteiger partial charge in [-0.05, 0) is 24.5 Å². The predicted octanol–water partition coefficient (Wildman–Crippen LogP) is 2.96. The van der Waals surface area contributed by atoms with Crippen LogP contribution in [0.3, 0.4) is 0 Å². The molecule has 1 aromatic carbocycles. The van der Waals surface area contributed by atoms with E-state index in [0.717, 1.165) is 6.07 Å². The molecule has 0 bridgehead atoms. The molecule has 0 aliphatic carbocycles. The second-order valence-electron chi connectivity index (χ2n) is 4.75. The van der Waals surface area contributed by atoms with Crippen molar-refractivity contribution < 1.29 is 13.3 Å². The Morgan fingerprint density at radius 2 is 2.00 bits per heavy atom. The summed E-state index contributed by atoms with van der Waals surface area (Å²) in [6, 6.07) is 3.21. The first-order valence-corrected chi connectivity index (χ1v) is 8.01. The number of hydrogen-bond acceptors (Lipinski definition) is 4. The van der Waals surface area contributed by atoms with Gasteiger partial charge >= 0.3 is 0 Å². The molecule has 0 fully saturated rings. The fourth-order valence-electron chi connectivity index (χ4n) is 1.76. The monoisotopic (exact) mass is 320 g/mol. The van der Waals surface area contributed by atoms with Gasteiger partial charge in [0.25, 0.3) is 5.69 Å². The molecule has 1 atom stereocenters. The number of rotatable bonds is 6. The molecule has 1 N–H and O–H groups in total. The molecular weight excluding hydrogens is 304 g/mol. The summed E-state index contributed by atoms with van der Waals surface area (Å²) in [6.45, 7) is 5.68. The van der Waals surface area contributed by atoms with Crippen molar-refractivity contribution in [1.29, 1.82) is 0 Å². The lowest BCUT2D eigenvalue weighted by molar-refractivity contribution is -0.384. The van der Waals surface area contributed by atoms with Gasteiger partial charge in [0.1, 0.15) is 5.02 Å². The maximum atomic E-state index is 12.2. The number of nitro groups is 1. The maximum absolute atomic E-state index is 12.2. The normalized spacial score (nSPS) is 13.4. The molecule has 6 nitrogen and oxygen atoms in total. The van der Waals surface area contributed by atoms with Gasteiger partial charge in [0.2, 0.25) is 10.0 Å². The van der Waals surface area contributed by atoms with Crippen LogP contribution in [0.4, 0.5) is 5.69 Å². The van der Waals surface area contributed by atoms with Crippen molar-refractivity contribution in [3.8, 4) is 0 Å². The Bertz CT molecular complexity index is 601. The summed E-state index contributed by atoms with van der Waals surface area (Å²) in [5.41, 5.74) is -0.424. The van der Waals surface area contributed by atoms with Gasteiger partial charge in [-0.1, -0.05) is 32.4 Å². The van der Waals surface area contributed by atoms with E-state index in [4.69, 9.17) is 11.6 Å². The molecule has 0 amide bonds. The third kappa shape index (κ3) is 3.91. The Balaban J connectivity index is 3.16. The molecule has 0 saturated heterocycles. The minimum absolute atomic E-state index is 0.0927. The molecule has 112 valence electrons. The number of sulfonamides is 1. The Kier molecular flexibility index (Phi) is 5.50. The van der Waals surface area contributed by atoms with Crippen LogP contribution in [0.2, 0.25) is 5.02 Å². The van der Waals surface area contributed by atoms with Crippen LogP contribution in [0.15, 0.2) is 23.1 Å². The molecule has 0 spiro atoms. The number of nitro benzene ring substituents is 1. The molecule has 1 rings (SSSR count). The van der Waals surface area contributed by atoms with Crippen LogP contribution in [-0.2, 0) is 10.0 Å². The molecule has 0 aromatic heterocycles. The Labute approximate surface area is 123 Å². The van der Waals surface area contributed by atoms with Crippen molar-refractivity contribution in [2.45, 2.75) is 38.1 Å². The van der Waals surface area contributed by atoms with Gasteiger partial charge in [-0.2, -0.15) is 0 Å². The molecule has 0 aliphatic heterocycles. The first kappa shape index (κ1) is 16.9. The number of hydrogen-bond donors (Lipinski definition) is 1. The van der Waals surface area contributed by atoms with Crippen LogP contribution in [0, 0.1) is 16.0 Å². The van der Waals surface area contributed by atoms with Crippen LogP contribution in [0.1, 0.15) is 27.2 Å². The standard InChI is InChI=1S/C12H17ClN2O4S/c1-4-11(8(2)3)14-20(18,19)9-5-6-10(13)12(7-9)15(16)17/h5-8,11,14H,4H2,1-3H3. The van der Waals surface area contributed by atoms with Gasteiger partial charge in [-0.15, -0.1) is 0 Å². The van der Waals surface area contributed by atoms with Crippen molar-refractivity contribution in [3.63, 3.8) is 0 Å². The van der Waals surface area contributed by atoms with Crippen LogP contribution >= 0.6 is 11.6 Å². The van der Waals surface area contributed by atoms with Crippen molar-refractivity contribution in [3.05, 3.63) is 33.3 Å². The Hall–Kier alpha value is -1.18. The molecule has 0 radical (unpaired) electrons. The number of halogens is 1. The lowest BCUT2D eigenvalue weighted by atomic mass is 10.0. The summed E-state index contributed by atoms with van der Waals surface area (Å²) in [6.07, 6.45) is 0.632. The summed E-state index contributed by atoms with van der Waals surface area (Å²) < 4.78 is 27.0. The lowest BCUT2D eigenvalue weighted by Gasteiger charge is -2.20. The molecule has 20 heavy (non-hydrogen) atoms. The Morgan fingerprint density at radius 1 is 1.40 bits per heavy atom. The highest BCUT2D eigenvalue weighted by molar-refractivity contribution is 7.89. The van der Waals surface area contributed by atoms with E-state index in [-0.39, 0.29) is 21.9 Å². The second-order valence-corrected chi connectivity index (χ2v) is 6.87. The van der Waals surface area contributed by atoms with Gasteiger partial charge in [-0.3, -0.25) is 10.1 Å². The van der Waals surface area contributed by atoms with Gasteiger partial charge < -0.3 is 0 Å². The third-order valence-electron chi connectivity index (χ3n) is 2.98. The highest BCUT2D eigenvalue weighted by Gasteiger charge is 2.24. The highest BCUT2D eigenvalue weighted by atomic mass is 35.5. The van der Waals surface area contributed by atoms with Gasteiger partial charge in [0.15, 0.2) is 0 Å². The van der Waals surface area contributed by atoms with E-state index in [1.54, 1.807) is 0 Å². The molecule has 0 aliphatic rings. The fourth-order valence-corrected chi connectivity index (χ4v) is 3.43. The smallest absolute Gasteiger partial charge is 0.258 e. The lowest BCUT2D eigenvalue weighted by Crippen LogP contribution is -2.37. The van der Waals surface area contributed by atoms with Crippen molar-refractivity contribution in [2.24, 2.45) is 5.92 Å². The SMILES string of the molecule is CCC(NS(=O)(=O)c1ccc(Cl)c([N+](=O)[O-])c1)C(C)C. The van der Waals surface area contributed by atoms with E-state index in [2.05, 4.69) is 4.72 Å². The molecule has 0 heterocycles. The summed E-state index contributed by atoms with van der Waals surface area (Å²) in [7, 11) is -3.80. The zero-order valence-electron chi connectivity index (χ0n) is 11.5. The number of nitrogens with one attached hydrogen (secondary N) is 1. The first-order valence-electron chi connectivity index (χ1n) is 6.15. The van der Waals surface area contributed by atoms with E-state index in [1.807, 2.05) is 20.8 Å². The van der Waals surface area contributed by atoms with E-state index in [9.17, 15) is 18.5 Å². The quantitative estimate of drug-likeness (QED) is 0.644. The summed E-state index contributed by atoms with van der Waals surface area (Å²) >= 11 is 5.67. The van der Waals surface area contributed by atoms with E-state index in [0.29, 0.717) is 6.42 Å².